The molecule has 5 nitrogen and oxygen atoms in total. The molecule has 3 rings (SSSR count). The summed E-state index contributed by atoms with van der Waals surface area (Å²) in [6.07, 6.45) is 0. The molecular weight excluding hydrogens is 254 g/mol. The maximum atomic E-state index is 12.2. The largest absolute Gasteiger partial charge is 0.495 e. The first-order valence-corrected chi connectivity index (χ1v) is 6.25. The first-order chi connectivity index (χ1) is 9.60. The van der Waals surface area contributed by atoms with Gasteiger partial charge in [-0.3, -0.25) is 4.57 Å². The number of ether oxygens (including phenoxy) is 1. The molecule has 0 saturated carbocycles. The number of H-pyrrole nitrogens is 1. The summed E-state index contributed by atoms with van der Waals surface area (Å²) in [5, 5.41) is 0. The van der Waals surface area contributed by atoms with Gasteiger partial charge in [-0.1, -0.05) is 6.07 Å². The van der Waals surface area contributed by atoms with E-state index in [1.807, 2.05) is 25.1 Å². The lowest BCUT2D eigenvalue weighted by molar-refractivity contribution is 0.413. The molecule has 1 heterocycles. The minimum absolute atomic E-state index is 0.213. The SMILES string of the molecule is COc1ccc(C)cc1-n1c(=O)[nH]c2ccc(N)cc21. The number of hydrogen-bond donors (Lipinski definition) is 2. The molecule has 0 unspecified atom stereocenters. The zero-order valence-electron chi connectivity index (χ0n) is 11.3. The van der Waals surface area contributed by atoms with Crippen molar-refractivity contribution in [1.29, 1.82) is 0 Å². The van der Waals surface area contributed by atoms with E-state index < -0.39 is 0 Å². The zero-order valence-corrected chi connectivity index (χ0v) is 11.3. The molecule has 1 aromatic heterocycles. The van der Waals surface area contributed by atoms with Gasteiger partial charge >= 0.3 is 5.69 Å². The molecule has 102 valence electrons. The third-order valence-corrected chi connectivity index (χ3v) is 3.28. The maximum absolute atomic E-state index is 12.2. The number of rotatable bonds is 2. The standard InChI is InChI=1S/C15H15N3O2/c1-9-3-6-14(20-2)13(7-9)18-12-8-10(16)4-5-11(12)17-15(18)19/h3-8H,16H2,1-2H3,(H,17,19). The fourth-order valence-corrected chi connectivity index (χ4v) is 2.33. The molecule has 0 bridgehead atoms. The number of nitrogens with two attached hydrogens (primary N) is 1. The fraction of sp³-hybridized carbons (Fsp3) is 0.133. The molecule has 0 aliphatic rings. The van der Waals surface area contributed by atoms with Crippen molar-refractivity contribution in [2.75, 3.05) is 12.8 Å². The molecule has 0 fully saturated rings. The van der Waals surface area contributed by atoms with Crippen molar-refractivity contribution in [1.82, 2.24) is 9.55 Å². The average Bonchev–Trinajstić information content (AvgIpc) is 2.74. The van der Waals surface area contributed by atoms with Crippen LogP contribution in [0.5, 0.6) is 5.75 Å². The van der Waals surface area contributed by atoms with Gasteiger partial charge in [-0.25, -0.2) is 4.79 Å². The van der Waals surface area contributed by atoms with Gasteiger partial charge < -0.3 is 15.5 Å². The van der Waals surface area contributed by atoms with Crippen molar-refractivity contribution in [2.45, 2.75) is 6.92 Å². The summed E-state index contributed by atoms with van der Waals surface area (Å²) >= 11 is 0. The molecule has 0 aliphatic heterocycles. The number of nitrogens with zero attached hydrogens (tertiary/aromatic N) is 1. The fourth-order valence-electron chi connectivity index (χ4n) is 2.33. The number of aromatic amines is 1. The number of fused-ring (bicyclic) bond motifs is 1. The first kappa shape index (κ1) is 12.3. The Bertz CT molecular complexity index is 846. The average molecular weight is 269 g/mol. The molecule has 5 heteroatoms. The van der Waals surface area contributed by atoms with Crippen LogP contribution in [0.4, 0.5) is 5.69 Å². The van der Waals surface area contributed by atoms with E-state index in [-0.39, 0.29) is 5.69 Å². The number of nitrogen functional groups attached to an aromatic ring is 1. The quantitative estimate of drug-likeness (QED) is 0.701. The number of aromatic nitrogens is 2. The Morgan fingerprint density at radius 2 is 2.00 bits per heavy atom. The van der Waals surface area contributed by atoms with Gasteiger partial charge in [0.15, 0.2) is 0 Å². The summed E-state index contributed by atoms with van der Waals surface area (Å²) < 4.78 is 6.93. The number of hydrogen-bond acceptors (Lipinski definition) is 3. The maximum Gasteiger partial charge on any atom is 0.331 e. The van der Waals surface area contributed by atoms with Crippen molar-refractivity contribution in [3.63, 3.8) is 0 Å². The molecule has 20 heavy (non-hydrogen) atoms. The molecule has 0 atom stereocenters. The molecule has 0 spiro atoms. The molecule has 3 N–H and O–H groups in total. The van der Waals surface area contributed by atoms with Crippen molar-refractivity contribution in [3.05, 3.63) is 52.4 Å². The van der Waals surface area contributed by atoms with Crippen LogP contribution in [0.2, 0.25) is 0 Å². The van der Waals surface area contributed by atoms with E-state index in [2.05, 4.69) is 4.98 Å². The van der Waals surface area contributed by atoms with Crippen molar-refractivity contribution in [3.8, 4) is 11.4 Å². The smallest absolute Gasteiger partial charge is 0.331 e. The van der Waals surface area contributed by atoms with Gasteiger partial charge in [-0.05, 0) is 42.8 Å². The molecule has 2 aromatic carbocycles. The van der Waals surface area contributed by atoms with Crippen LogP contribution in [0.25, 0.3) is 16.7 Å². The number of nitrogens with one attached hydrogen (secondary N) is 1. The Labute approximate surface area is 115 Å². The van der Waals surface area contributed by atoms with E-state index in [0.717, 1.165) is 16.6 Å². The predicted octanol–water partition coefficient (Wildman–Crippen LogP) is 2.22. The van der Waals surface area contributed by atoms with Crippen molar-refractivity contribution < 1.29 is 4.74 Å². The Balaban J connectivity index is 2.40. The molecular formula is C15H15N3O2. The van der Waals surface area contributed by atoms with Crippen LogP contribution in [-0.4, -0.2) is 16.7 Å². The predicted molar refractivity (Wildman–Crippen MR) is 79.6 cm³/mol. The number of methoxy groups -OCH3 is 1. The number of benzene rings is 2. The van der Waals surface area contributed by atoms with Crippen LogP contribution in [-0.2, 0) is 0 Å². The van der Waals surface area contributed by atoms with E-state index >= 15 is 0 Å². The summed E-state index contributed by atoms with van der Waals surface area (Å²) in [4.78, 5) is 15.1. The summed E-state index contributed by atoms with van der Waals surface area (Å²) in [5.41, 5.74) is 9.44. The number of imidazole rings is 1. The monoisotopic (exact) mass is 269 g/mol. The normalized spacial score (nSPS) is 10.9. The van der Waals surface area contributed by atoms with Gasteiger partial charge in [0.05, 0.1) is 23.8 Å². The van der Waals surface area contributed by atoms with Crippen LogP contribution < -0.4 is 16.2 Å². The van der Waals surface area contributed by atoms with E-state index in [9.17, 15) is 4.79 Å². The lowest BCUT2D eigenvalue weighted by Gasteiger charge is -2.10. The van der Waals surface area contributed by atoms with Gasteiger partial charge in [0, 0.05) is 5.69 Å². The third kappa shape index (κ3) is 1.84. The summed E-state index contributed by atoms with van der Waals surface area (Å²) in [5.74, 6) is 0.640. The third-order valence-electron chi connectivity index (χ3n) is 3.28. The van der Waals surface area contributed by atoms with E-state index in [0.29, 0.717) is 17.1 Å². The lowest BCUT2D eigenvalue weighted by atomic mass is 10.2. The van der Waals surface area contributed by atoms with E-state index in [4.69, 9.17) is 10.5 Å². The van der Waals surface area contributed by atoms with Crippen LogP contribution in [0, 0.1) is 6.92 Å². The molecule has 0 radical (unpaired) electrons. The second-order valence-corrected chi connectivity index (χ2v) is 4.72. The minimum atomic E-state index is -0.213. The highest BCUT2D eigenvalue weighted by molar-refractivity contribution is 5.81. The first-order valence-electron chi connectivity index (χ1n) is 6.25. The second kappa shape index (κ2) is 4.45. The summed E-state index contributed by atoms with van der Waals surface area (Å²) in [6.45, 7) is 1.97. The van der Waals surface area contributed by atoms with Crippen LogP contribution in [0.1, 0.15) is 5.56 Å². The van der Waals surface area contributed by atoms with E-state index in [1.54, 1.807) is 29.9 Å². The van der Waals surface area contributed by atoms with Gasteiger partial charge in [-0.2, -0.15) is 0 Å². The highest BCUT2D eigenvalue weighted by atomic mass is 16.5. The highest BCUT2D eigenvalue weighted by Crippen LogP contribution is 2.26. The van der Waals surface area contributed by atoms with Gasteiger partial charge in [0.1, 0.15) is 5.75 Å². The number of anilines is 1. The Kier molecular flexibility index (Phi) is 2.75. The van der Waals surface area contributed by atoms with Gasteiger partial charge in [0.2, 0.25) is 0 Å². The van der Waals surface area contributed by atoms with Crippen molar-refractivity contribution in [2.24, 2.45) is 0 Å². The van der Waals surface area contributed by atoms with Crippen LogP contribution >= 0.6 is 0 Å². The zero-order chi connectivity index (χ0) is 14.3. The second-order valence-electron chi connectivity index (χ2n) is 4.72. The van der Waals surface area contributed by atoms with Crippen molar-refractivity contribution >= 4 is 16.7 Å². The molecule has 0 aliphatic carbocycles. The van der Waals surface area contributed by atoms with Crippen LogP contribution in [0.15, 0.2) is 41.2 Å². The van der Waals surface area contributed by atoms with Crippen LogP contribution in [0.3, 0.4) is 0 Å². The highest BCUT2D eigenvalue weighted by Gasteiger charge is 2.13. The van der Waals surface area contributed by atoms with Gasteiger partial charge in [0.25, 0.3) is 0 Å². The Morgan fingerprint density at radius 1 is 1.20 bits per heavy atom. The molecule has 0 amide bonds. The van der Waals surface area contributed by atoms with Gasteiger partial charge in [-0.15, -0.1) is 0 Å². The van der Waals surface area contributed by atoms with E-state index in [1.165, 1.54) is 0 Å². The lowest BCUT2D eigenvalue weighted by Crippen LogP contribution is -2.15. The Hall–Kier alpha value is -2.69. The summed E-state index contributed by atoms with van der Waals surface area (Å²) in [7, 11) is 1.59. The number of aryl methyl sites for hydroxylation is 1. The minimum Gasteiger partial charge on any atom is -0.495 e. The Morgan fingerprint density at radius 3 is 2.75 bits per heavy atom. The summed E-state index contributed by atoms with van der Waals surface area (Å²) in [6, 6.07) is 11.0. The molecule has 0 saturated heterocycles. The molecule has 3 aromatic rings. The topological polar surface area (TPSA) is 73.0 Å².